The molecule has 1 heterocycles. The molecule has 0 radical (unpaired) electrons. The molecule has 0 amide bonds. The van der Waals surface area contributed by atoms with Crippen LogP contribution in [0.5, 0.6) is 17.2 Å². The van der Waals surface area contributed by atoms with Crippen LogP contribution in [0.1, 0.15) is 39.4 Å². The molecule has 5 nitrogen and oxygen atoms in total. The fourth-order valence-electron chi connectivity index (χ4n) is 3.44. The summed E-state index contributed by atoms with van der Waals surface area (Å²) in [4.78, 5) is 12.3. The summed E-state index contributed by atoms with van der Waals surface area (Å²) in [5, 5.41) is 9.62. The summed E-state index contributed by atoms with van der Waals surface area (Å²) >= 11 is 0. The van der Waals surface area contributed by atoms with Crippen molar-refractivity contribution in [3.63, 3.8) is 0 Å². The standard InChI is InChI=1S/C24H22O5/c1-27-24-14-18(6-11-23(24)26)22(25)12-10-19-8-9-21(29-19)15-28-20-7-5-16-3-2-4-17(16)13-20/h5-14,26H,2-4,15H2,1H3/b12-10+. The molecule has 1 aromatic heterocycles. The van der Waals surface area contributed by atoms with E-state index < -0.39 is 0 Å². The molecule has 5 heteroatoms. The minimum Gasteiger partial charge on any atom is -0.504 e. The number of furan rings is 1. The predicted octanol–water partition coefficient (Wildman–Crippen LogP) is 4.96. The number of phenolic OH excluding ortho intramolecular Hbond substituents is 1. The number of fused-ring (bicyclic) bond motifs is 1. The maximum Gasteiger partial charge on any atom is 0.186 e. The zero-order chi connectivity index (χ0) is 20.2. The first-order valence-electron chi connectivity index (χ1n) is 9.55. The summed E-state index contributed by atoms with van der Waals surface area (Å²) in [5.41, 5.74) is 3.20. The number of allylic oxidation sites excluding steroid dienone is 1. The zero-order valence-electron chi connectivity index (χ0n) is 16.2. The summed E-state index contributed by atoms with van der Waals surface area (Å²) in [6.07, 6.45) is 6.51. The molecular weight excluding hydrogens is 368 g/mol. The molecule has 0 saturated heterocycles. The van der Waals surface area contributed by atoms with Crippen LogP contribution in [0.4, 0.5) is 0 Å². The first-order valence-corrected chi connectivity index (χ1v) is 9.55. The first kappa shape index (κ1) is 18.9. The Kier molecular flexibility index (Phi) is 5.38. The largest absolute Gasteiger partial charge is 0.504 e. The third kappa shape index (κ3) is 4.35. The molecular formula is C24H22O5. The molecule has 3 aromatic rings. The van der Waals surface area contributed by atoms with E-state index in [0.29, 0.717) is 23.7 Å². The number of hydrogen-bond acceptors (Lipinski definition) is 5. The van der Waals surface area contributed by atoms with Gasteiger partial charge in [0.1, 0.15) is 23.9 Å². The number of hydrogen-bond donors (Lipinski definition) is 1. The lowest BCUT2D eigenvalue weighted by Gasteiger charge is -2.06. The molecule has 0 bridgehead atoms. The van der Waals surface area contributed by atoms with Crippen molar-refractivity contribution in [2.45, 2.75) is 25.9 Å². The van der Waals surface area contributed by atoms with Gasteiger partial charge in [-0.2, -0.15) is 0 Å². The Labute approximate surface area is 169 Å². The summed E-state index contributed by atoms with van der Waals surface area (Å²) in [5.74, 6) is 2.13. The van der Waals surface area contributed by atoms with Crippen LogP contribution in [0.2, 0.25) is 0 Å². The SMILES string of the molecule is COc1cc(C(=O)/C=C/c2ccc(COc3ccc4c(c3)CCC4)o2)ccc1O. The average molecular weight is 390 g/mol. The molecule has 0 aliphatic heterocycles. The Morgan fingerprint density at radius 1 is 1.10 bits per heavy atom. The Morgan fingerprint density at radius 3 is 2.83 bits per heavy atom. The van der Waals surface area contributed by atoms with Gasteiger partial charge in [0.05, 0.1) is 7.11 Å². The number of aromatic hydroxyl groups is 1. The highest BCUT2D eigenvalue weighted by Gasteiger charge is 2.12. The summed E-state index contributed by atoms with van der Waals surface area (Å²) in [6, 6.07) is 14.3. The quantitative estimate of drug-likeness (QED) is 0.456. The van der Waals surface area contributed by atoms with Crippen molar-refractivity contribution >= 4 is 11.9 Å². The molecule has 0 saturated carbocycles. The van der Waals surface area contributed by atoms with Gasteiger partial charge in [0, 0.05) is 5.56 Å². The lowest BCUT2D eigenvalue weighted by molar-refractivity contribution is 0.104. The maximum absolute atomic E-state index is 12.3. The van der Waals surface area contributed by atoms with Gasteiger partial charge in [-0.15, -0.1) is 0 Å². The van der Waals surface area contributed by atoms with Crippen molar-refractivity contribution in [3.05, 3.63) is 82.8 Å². The number of carbonyl (C=O) groups is 1. The van der Waals surface area contributed by atoms with Gasteiger partial charge in [0.25, 0.3) is 0 Å². The fraction of sp³-hybridized carbons (Fsp3) is 0.208. The van der Waals surface area contributed by atoms with Crippen molar-refractivity contribution in [2.24, 2.45) is 0 Å². The average Bonchev–Trinajstić information content (AvgIpc) is 3.39. The van der Waals surface area contributed by atoms with Crippen molar-refractivity contribution in [2.75, 3.05) is 7.11 Å². The van der Waals surface area contributed by atoms with Gasteiger partial charge >= 0.3 is 0 Å². The maximum atomic E-state index is 12.3. The molecule has 1 aliphatic rings. The fourth-order valence-corrected chi connectivity index (χ4v) is 3.44. The van der Waals surface area contributed by atoms with Gasteiger partial charge in [0.15, 0.2) is 17.3 Å². The minimum atomic E-state index is -0.212. The molecule has 0 fully saturated rings. The van der Waals surface area contributed by atoms with Crippen LogP contribution >= 0.6 is 0 Å². The van der Waals surface area contributed by atoms with E-state index >= 15 is 0 Å². The number of rotatable bonds is 7. The minimum absolute atomic E-state index is 0.00734. The van der Waals surface area contributed by atoms with E-state index in [9.17, 15) is 9.90 Å². The topological polar surface area (TPSA) is 68.9 Å². The van der Waals surface area contributed by atoms with Crippen molar-refractivity contribution < 1.29 is 23.8 Å². The number of methoxy groups -OCH3 is 1. The zero-order valence-corrected chi connectivity index (χ0v) is 16.2. The molecule has 0 atom stereocenters. The molecule has 29 heavy (non-hydrogen) atoms. The second kappa shape index (κ2) is 8.27. The second-order valence-corrected chi connectivity index (χ2v) is 6.96. The van der Waals surface area contributed by atoms with E-state index in [1.807, 2.05) is 12.1 Å². The van der Waals surface area contributed by atoms with Gasteiger partial charge in [-0.05, 0) is 85.0 Å². The van der Waals surface area contributed by atoms with Crippen molar-refractivity contribution in [1.29, 1.82) is 0 Å². The van der Waals surface area contributed by atoms with Gasteiger partial charge in [-0.25, -0.2) is 0 Å². The first-order chi connectivity index (χ1) is 14.1. The smallest absolute Gasteiger partial charge is 0.186 e. The van der Waals surface area contributed by atoms with E-state index in [4.69, 9.17) is 13.9 Å². The van der Waals surface area contributed by atoms with E-state index in [1.165, 1.54) is 42.9 Å². The number of aryl methyl sites for hydroxylation is 2. The summed E-state index contributed by atoms with van der Waals surface area (Å²) < 4.78 is 16.6. The molecule has 0 spiro atoms. The highest BCUT2D eigenvalue weighted by Crippen LogP contribution is 2.27. The predicted molar refractivity (Wildman–Crippen MR) is 110 cm³/mol. The molecule has 1 N–H and O–H groups in total. The number of ketones is 1. The molecule has 1 aliphatic carbocycles. The van der Waals surface area contributed by atoms with Crippen LogP contribution in [0, 0.1) is 0 Å². The van der Waals surface area contributed by atoms with Crippen molar-refractivity contribution in [1.82, 2.24) is 0 Å². The lowest BCUT2D eigenvalue weighted by atomic mass is 10.1. The number of carbonyl (C=O) groups excluding carboxylic acids is 1. The normalized spacial score (nSPS) is 12.9. The van der Waals surface area contributed by atoms with Gasteiger partial charge in [-0.3, -0.25) is 4.79 Å². The highest BCUT2D eigenvalue weighted by atomic mass is 16.5. The monoisotopic (exact) mass is 390 g/mol. The van der Waals surface area contributed by atoms with Crippen molar-refractivity contribution in [3.8, 4) is 17.2 Å². The second-order valence-electron chi connectivity index (χ2n) is 6.96. The molecule has 2 aromatic carbocycles. The molecule has 4 rings (SSSR count). The van der Waals surface area contributed by atoms with E-state index in [1.54, 1.807) is 18.2 Å². The molecule has 148 valence electrons. The van der Waals surface area contributed by atoms with Crippen LogP contribution in [-0.4, -0.2) is 18.0 Å². The summed E-state index contributed by atoms with van der Waals surface area (Å²) in [6.45, 7) is 0.329. The van der Waals surface area contributed by atoms with Gasteiger partial charge < -0.3 is 19.0 Å². The van der Waals surface area contributed by atoms with Gasteiger partial charge in [-0.1, -0.05) is 6.07 Å². The Balaban J connectivity index is 1.37. The number of benzene rings is 2. The van der Waals surface area contributed by atoms with E-state index in [0.717, 1.165) is 18.6 Å². The van der Waals surface area contributed by atoms with E-state index in [2.05, 4.69) is 12.1 Å². The van der Waals surface area contributed by atoms with E-state index in [-0.39, 0.29) is 17.3 Å². The van der Waals surface area contributed by atoms with Crippen LogP contribution in [-0.2, 0) is 19.4 Å². The summed E-state index contributed by atoms with van der Waals surface area (Å²) in [7, 11) is 1.44. The lowest BCUT2D eigenvalue weighted by Crippen LogP contribution is -1.95. The van der Waals surface area contributed by atoms with Crippen LogP contribution < -0.4 is 9.47 Å². The van der Waals surface area contributed by atoms with Gasteiger partial charge in [0.2, 0.25) is 0 Å². The Morgan fingerprint density at radius 2 is 1.97 bits per heavy atom. The third-order valence-electron chi connectivity index (χ3n) is 5.00. The highest BCUT2D eigenvalue weighted by molar-refractivity contribution is 6.07. The Hall–Kier alpha value is -3.47. The number of phenols is 1. The molecule has 0 unspecified atom stereocenters. The van der Waals surface area contributed by atoms with Crippen LogP contribution in [0.15, 0.2) is 59.0 Å². The number of ether oxygens (including phenoxy) is 2. The van der Waals surface area contributed by atoms with Crippen LogP contribution in [0.25, 0.3) is 6.08 Å². The Bertz CT molecular complexity index is 1060. The van der Waals surface area contributed by atoms with Crippen LogP contribution in [0.3, 0.4) is 0 Å². The third-order valence-corrected chi connectivity index (χ3v) is 5.00.